The number of aliphatic hydroxyl groups is 1. The predicted octanol–water partition coefficient (Wildman–Crippen LogP) is 0.951. The summed E-state index contributed by atoms with van der Waals surface area (Å²) in [5, 5.41) is 13.1. The van der Waals surface area contributed by atoms with Gasteiger partial charge in [0.2, 0.25) is 0 Å². The smallest absolute Gasteiger partial charge is 0.0897 e. The third kappa shape index (κ3) is 7.31. The van der Waals surface area contributed by atoms with Crippen LogP contribution in [0.3, 0.4) is 0 Å². The zero-order valence-electron chi connectivity index (χ0n) is 12.2. The fourth-order valence-corrected chi connectivity index (χ4v) is 2.22. The van der Waals surface area contributed by atoms with Crippen LogP contribution in [0.5, 0.6) is 0 Å². The Kier molecular flexibility index (Phi) is 7.82. The molecule has 1 aliphatic heterocycles. The van der Waals surface area contributed by atoms with Gasteiger partial charge >= 0.3 is 0 Å². The molecular weight excluding hydrogens is 228 g/mol. The molecule has 0 aromatic carbocycles. The van der Waals surface area contributed by atoms with Crippen LogP contribution >= 0.6 is 0 Å². The van der Waals surface area contributed by atoms with E-state index in [4.69, 9.17) is 4.74 Å². The van der Waals surface area contributed by atoms with Crippen molar-refractivity contribution in [2.45, 2.75) is 32.8 Å². The highest BCUT2D eigenvalue weighted by molar-refractivity contribution is 4.72. The van der Waals surface area contributed by atoms with Gasteiger partial charge in [-0.05, 0) is 51.4 Å². The number of nitrogens with zero attached hydrogens (tertiary/aromatic N) is 1. The first-order valence-corrected chi connectivity index (χ1v) is 7.23. The standard InChI is InChI=1S/C14H30N2O2/c1-12(2)10-18-11-14(17)9-15-8-13-4-6-16(3)7-5-13/h12-15,17H,4-11H2,1-3H3. The summed E-state index contributed by atoms with van der Waals surface area (Å²) in [6, 6.07) is 0. The van der Waals surface area contributed by atoms with Crippen molar-refractivity contribution in [3.05, 3.63) is 0 Å². The molecule has 1 fully saturated rings. The molecule has 0 spiro atoms. The Morgan fingerprint density at radius 3 is 2.56 bits per heavy atom. The molecule has 1 atom stereocenters. The van der Waals surface area contributed by atoms with Crippen molar-refractivity contribution in [1.29, 1.82) is 0 Å². The van der Waals surface area contributed by atoms with Crippen molar-refractivity contribution in [1.82, 2.24) is 10.2 Å². The molecule has 0 aromatic heterocycles. The summed E-state index contributed by atoms with van der Waals surface area (Å²) in [6.07, 6.45) is 2.15. The quantitative estimate of drug-likeness (QED) is 0.680. The van der Waals surface area contributed by atoms with Gasteiger partial charge in [-0.1, -0.05) is 13.8 Å². The number of ether oxygens (including phenoxy) is 1. The molecular formula is C14H30N2O2. The number of piperidine rings is 1. The van der Waals surface area contributed by atoms with E-state index in [9.17, 15) is 5.11 Å². The van der Waals surface area contributed by atoms with Gasteiger partial charge in [-0.25, -0.2) is 0 Å². The summed E-state index contributed by atoms with van der Waals surface area (Å²) >= 11 is 0. The van der Waals surface area contributed by atoms with Gasteiger partial charge in [-0.2, -0.15) is 0 Å². The van der Waals surface area contributed by atoms with Crippen molar-refractivity contribution in [2.75, 3.05) is 46.4 Å². The van der Waals surface area contributed by atoms with E-state index in [2.05, 4.69) is 31.1 Å². The maximum absolute atomic E-state index is 9.74. The fourth-order valence-electron chi connectivity index (χ4n) is 2.22. The Morgan fingerprint density at radius 1 is 1.28 bits per heavy atom. The summed E-state index contributed by atoms with van der Waals surface area (Å²) in [7, 11) is 2.18. The minimum atomic E-state index is -0.380. The average molecular weight is 258 g/mol. The lowest BCUT2D eigenvalue weighted by molar-refractivity contribution is 0.0255. The first-order chi connectivity index (χ1) is 8.58. The van der Waals surface area contributed by atoms with E-state index in [0.717, 1.165) is 19.1 Å². The second-order valence-electron chi connectivity index (χ2n) is 5.99. The minimum Gasteiger partial charge on any atom is -0.389 e. The molecule has 1 heterocycles. The van der Waals surface area contributed by atoms with Crippen LogP contribution in [0.25, 0.3) is 0 Å². The first kappa shape index (κ1) is 15.9. The molecule has 0 bridgehead atoms. The number of nitrogens with one attached hydrogen (secondary N) is 1. The fraction of sp³-hybridized carbons (Fsp3) is 1.00. The van der Waals surface area contributed by atoms with Crippen molar-refractivity contribution in [3.63, 3.8) is 0 Å². The Bertz CT molecular complexity index is 204. The van der Waals surface area contributed by atoms with E-state index in [0.29, 0.717) is 19.1 Å². The second-order valence-corrected chi connectivity index (χ2v) is 5.99. The van der Waals surface area contributed by atoms with Crippen LogP contribution in [0.1, 0.15) is 26.7 Å². The molecule has 18 heavy (non-hydrogen) atoms. The lowest BCUT2D eigenvalue weighted by atomic mass is 9.97. The molecule has 0 aromatic rings. The third-order valence-electron chi connectivity index (χ3n) is 3.41. The SMILES string of the molecule is CC(C)COCC(O)CNCC1CCN(C)CC1. The molecule has 4 heteroatoms. The van der Waals surface area contributed by atoms with E-state index in [1.807, 2.05) is 0 Å². The topological polar surface area (TPSA) is 44.7 Å². The highest BCUT2D eigenvalue weighted by Gasteiger charge is 2.16. The predicted molar refractivity (Wildman–Crippen MR) is 74.8 cm³/mol. The lowest BCUT2D eigenvalue weighted by Gasteiger charge is -2.29. The molecule has 4 nitrogen and oxygen atoms in total. The van der Waals surface area contributed by atoms with E-state index < -0.39 is 0 Å². The number of hydrogen-bond donors (Lipinski definition) is 2. The summed E-state index contributed by atoms with van der Waals surface area (Å²) in [4.78, 5) is 2.38. The van der Waals surface area contributed by atoms with Crippen molar-refractivity contribution >= 4 is 0 Å². The lowest BCUT2D eigenvalue weighted by Crippen LogP contribution is -2.38. The van der Waals surface area contributed by atoms with Gasteiger partial charge in [0.25, 0.3) is 0 Å². The van der Waals surface area contributed by atoms with Crippen LogP contribution in [0.4, 0.5) is 0 Å². The van der Waals surface area contributed by atoms with Crippen LogP contribution in [-0.2, 0) is 4.74 Å². The van der Waals surface area contributed by atoms with Crippen molar-refractivity contribution in [2.24, 2.45) is 11.8 Å². The highest BCUT2D eigenvalue weighted by atomic mass is 16.5. The van der Waals surface area contributed by atoms with Gasteiger partial charge < -0.3 is 20.1 Å². The highest BCUT2D eigenvalue weighted by Crippen LogP contribution is 2.14. The minimum absolute atomic E-state index is 0.380. The van der Waals surface area contributed by atoms with Crippen LogP contribution in [-0.4, -0.2) is 62.6 Å². The molecule has 0 radical (unpaired) electrons. The third-order valence-corrected chi connectivity index (χ3v) is 3.41. The van der Waals surface area contributed by atoms with Crippen LogP contribution in [0.2, 0.25) is 0 Å². The van der Waals surface area contributed by atoms with E-state index in [-0.39, 0.29) is 6.10 Å². The summed E-state index contributed by atoms with van der Waals surface area (Å²) in [6.45, 7) is 9.47. The summed E-state index contributed by atoms with van der Waals surface area (Å²) in [5.74, 6) is 1.30. The largest absolute Gasteiger partial charge is 0.389 e. The Balaban J connectivity index is 1.96. The Hall–Kier alpha value is -0.160. The zero-order chi connectivity index (χ0) is 13.4. The van der Waals surface area contributed by atoms with E-state index in [1.165, 1.54) is 25.9 Å². The zero-order valence-corrected chi connectivity index (χ0v) is 12.2. The van der Waals surface area contributed by atoms with Crippen LogP contribution < -0.4 is 5.32 Å². The van der Waals surface area contributed by atoms with Gasteiger partial charge in [0.05, 0.1) is 12.7 Å². The number of aliphatic hydroxyl groups excluding tert-OH is 1. The maximum atomic E-state index is 9.74. The van der Waals surface area contributed by atoms with Crippen molar-refractivity contribution < 1.29 is 9.84 Å². The molecule has 0 saturated carbocycles. The van der Waals surface area contributed by atoms with Crippen LogP contribution in [0, 0.1) is 11.8 Å². The summed E-state index contributed by atoms with van der Waals surface area (Å²) < 4.78 is 5.42. The van der Waals surface area contributed by atoms with Gasteiger partial charge in [0.15, 0.2) is 0 Å². The molecule has 1 rings (SSSR count). The number of rotatable bonds is 8. The average Bonchev–Trinajstić information content (AvgIpc) is 2.31. The Labute approximate surface area is 112 Å². The number of hydrogen-bond acceptors (Lipinski definition) is 4. The van der Waals surface area contributed by atoms with Gasteiger partial charge in [-0.3, -0.25) is 0 Å². The molecule has 1 saturated heterocycles. The van der Waals surface area contributed by atoms with E-state index in [1.54, 1.807) is 0 Å². The molecule has 108 valence electrons. The Morgan fingerprint density at radius 2 is 1.94 bits per heavy atom. The molecule has 2 N–H and O–H groups in total. The normalized spacial score (nSPS) is 20.5. The molecule has 1 unspecified atom stereocenters. The first-order valence-electron chi connectivity index (χ1n) is 7.23. The molecule has 0 aliphatic carbocycles. The summed E-state index contributed by atoms with van der Waals surface area (Å²) in [5.41, 5.74) is 0. The number of likely N-dealkylation sites (tertiary alicyclic amines) is 1. The van der Waals surface area contributed by atoms with Gasteiger partial charge in [0.1, 0.15) is 0 Å². The van der Waals surface area contributed by atoms with Gasteiger partial charge in [0, 0.05) is 13.2 Å². The van der Waals surface area contributed by atoms with Crippen molar-refractivity contribution in [3.8, 4) is 0 Å². The maximum Gasteiger partial charge on any atom is 0.0897 e. The molecule has 1 aliphatic rings. The van der Waals surface area contributed by atoms with Crippen LogP contribution in [0.15, 0.2) is 0 Å². The second kappa shape index (κ2) is 8.86. The van der Waals surface area contributed by atoms with Gasteiger partial charge in [-0.15, -0.1) is 0 Å². The van der Waals surface area contributed by atoms with E-state index >= 15 is 0 Å². The molecule has 0 amide bonds. The monoisotopic (exact) mass is 258 g/mol.